The summed E-state index contributed by atoms with van der Waals surface area (Å²) >= 11 is 0. The van der Waals surface area contributed by atoms with Crippen LogP contribution in [-0.4, -0.2) is 61.5 Å². The van der Waals surface area contributed by atoms with E-state index in [2.05, 4.69) is 10.3 Å². The van der Waals surface area contributed by atoms with Crippen LogP contribution in [0.3, 0.4) is 0 Å². The minimum atomic E-state index is -0.494. The number of carbonyl (C=O) groups excluding carboxylic acids is 2. The molecule has 4 heterocycles. The lowest BCUT2D eigenvalue weighted by Crippen LogP contribution is -2.51. The Morgan fingerprint density at radius 2 is 1.77 bits per heavy atom. The van der Waals surface area contributed by atoms with Crippen LogP contribution in [0.1, 0.15) is 49.6 Å². The number of pyridine rings is 1. The average Bonchev–Trinajstić information content (AvgIpc) is 3.10. The highest BCUT2D eigenvalue weighted by Crippen LogP contribution is 2.25. The van der Waals surface area contributed by atoms with Crippen molar-refractivity contribution in [1.29, 1.82) is 0 Å². The monoisotopic (exact) mass is 544 g/mol. The Labute approximate surface area is 233 Å². The van der Waals surface area contributed by atoms with E-state index in [9.17, 15) is 19.2 Å². The first kappa shape index (κ1) is 27.4. The zero-order valence-electron chi connectivity index (χ0n) is 23.5. The van der Waals surface area contributed by atoms with E-state index in [1.54, 1.807) is 24.9 Å². The predicted octanol–water partition coefficient (Wildman–Crippen LogP) is 3.35. The van der Waals surface area contributed by atoms with Crippen molar-refractivity contribution in [2.24, 2.45) is 0 Å². The SMILES string of the molecule is Cc1cccc(-c2cn(CC(=O)N3CCC(N4CCc5ncccc5NC4=O)CC3)c(=O)n(C(C)C)c2=O)c1C. The van der Waals surface area contributed by atoms with E-state index in [0.29, 0.717) is 44.5 Å². The lowest BCUT2D eigenvalue weighted by Gasteiger charge is -2.38. The van der Waals surface area contributed by atoms with E-state index in [-0.39, 0.29) is 36.1 Å². The first-order valence-corrected chi connectivity index (χ1v) is 13.9. The summed E-state index contributed by atoms with van der Waals surface area (Å²) in [6.07, 6.45) is 5.23. The highest BCUT2D eigenvalue weighted by Gasteiger charge is 2.32. The van der Waals surface area contributed by atoms with Gasteiger partial charge in [-0.15, -0.1) is 0 Å². The van der Waals surface area contributed by atoms with Crippen LogP contribution in [0.2, 0.25) is 0 Å². The van der Waals surface area contributed by atoms with Crippen molar-refractivity contribution in [3.05, 3.63) is 80.4 Å². The van der Waals surface area contributed by atoms with Crippen molar-refractivity contribution < 1.29 is 9.59 Å². The largest absolute Gasteiger partial charge is 0.341 e. The topological polar surface area (TPSA) is 110 Å². The van der Waals surface area contributed by atoms with Gasteiger partial charge in [-0.3, -0.25) is 23.7 Å². The lowest BCUT2D eigenvalue weighted by atomic mass is 9.99. The van der Waals surface area contributed by atoms with E-state index in [0.717, 1.165) is 28.1 Å². The van der Waals surface area contributed by atoms with Crippen LogP contribution >= 0.6 is 0 Å². The highest BCUT2D eigenvalue weighted by molar-refractivity contribution is 5.91. The standard InChI is InChI=1S/C30H36N6O4/c1-19(2)36-28(38)24(23-8-5-7-20(3)21(23)4)17-34(30(36)40)18-27(37)33-14-10-22(11-15-33)35-16-12-25-26(32-29(35)39)9-6-13-31-25/h5-9,13,17,19,22H,10-12,14-16,18H2,1-4H3,(H,32,39). The molecule has 2 aliphatic heterocycles. The summed E-state index contributed by atoms with van der Waals surface area (Å²) in [5.41, 5.74) is 3.94. The third kappa shape index (κ3) is 5.17. The second kappa shape index (κ2) is 11.1. The normalized spacial score (nSPS) is 16.1. The molecule has 1 fully saturated rings. The van der Waals surface area contributed by atoms with E-state index in [1.165, 1.54) is 15.3 Å². The van der Waals surface area contributed by atoms with Gasteiger partial charge < -0.3 is 15.1 Å². The zero-order chi connectivity index (χ0) is 28.6. The van der Waals surface area contributed by atoms with Crippen LogP contribution in [0.15, 0.2) is 52.3 Å². The van der Waals surface area contributed by atoms with Crippen molar-refractivity contribution in [3.8, 4) is 11.1 Å². The van der Waals surface area contributed by atoms with E-state index >= 15 is 0 Å². The van der Waals surface area contributed by atoms with Gasteiger partial charge in [0.1, 0.15) is 6.54 Å². The molecule has 0 unspecified atom stereocenters. The van der Waals surface area contributed by atoms with Crippen molar-refractivity contribution in [1.82, 2.24) is 23.9 Å². The quantitative estimate of drug-likeness (QED) is 0.530. The maximum absolute atomic E-state index is 13.4. The van der Waals surface area contributed by atoms with Crippen LogP contribution < -0.4 is 16.6 Å². The predicted molar refractivity (Wildman–Crippen MR) is 154 cm³/mol. The van der Waals surface area contributed by atoms with Gasteiger partial charge >= 0.3 is 11.7 Å². The summed E-state index contributed by atoms with van der Waals surface area (Å²) in [6, 6.07) is 8.93. The molecular weight excluding hydrogens is 508 g/mol. The number of nitrogens with zero attached hydrogens (tertiary/aromatic N) is 5. The summed E-state index contributed by atoms with van der Waals surface area (Å²) in [4.78, 5) is 61.0. The fourth-order valence-electron chi connectivity index (χ4n) is 5.70. The number of carbonyl (C=O) groups is 2. The number of hydrogen-bond donors (Lipinski definition) is 1. The molecule has 0 saturated carbocycles. The molecule has 1 N–H and O–H groups in total. The number of piperidine rings is 1. The molecule has 0 bridgehead atoms. The molecule has 0 spiro atoms. The summed E-state index contributed by atoms with van der Waals surface area (Å²) in [5, 5.41) is 2.97. The van der Waals surface area contributed by atoms with E-state index < -0.39 is 5.69 Å². The van der Waals surface area contributed by atoms with Crippen molar-refractivity contribution in [2.75, 3.05) is 25.0 Å². The van der Waals surface area contributed by atoms with E-state index in [1.807, 2.05) is 49.1 Å². The number of benzene rings is 1. The Kier molecular flexibility index (Phi) is 7.60. The molecule has 10 heteroatoms. The Morgan fingerprint density at radius 3 is 2.50 bits per heavy atom. The zero-order valence-corrected chi connectivity index (χ0v) is 23.5. The molecule has 5 rings (SSSR count). The molecule has 0 atom stereocenters. The molecule has 210 valence electrons. The second-order valence-corrected chi connectivity index (χ2v) is 11.0. The fourth-order valence-corrected chi connectivity index (χ4v) is 5.70. The molecule has 0 radical (unpaired) electrons. The Balaban J connectivity index is 1.32. The van der Waals surface area contributed by atoms with Gasteiger partial charge in [0.05, 0.1) is 16.9 Å². The number of nitrogens with one attached hydrogen (secondary N) is 1. The number of rotatable bonds is 5. The van der Waals surface area contributed by atoms with Crippen LogP contribution in [-0.2, 0) is 17.8 Å². The average molecular weight is 545 g/mol. The molecule has 3 amide bonds. The highest BCUT2D eigenvalue weighted by atomic mass is 16.2. The third-order valence-corrected chi connectivity index (χ3v) is 8.14. The van der Waals surface area contributed by atoms with Crippen LogP contribution in [0.4, 0.5) is 10.5 Å². The summed E-state index contributed by atoms with van der Waals surface area (Å²) in [6.45, 7) is 8.91. The van der Waals surface area contributed by atoms with Gasteiger partial charge in [-0.25, -0.2) is 9.59 Å². The first-order valence-electron chi connectivity index (χ1n) is 13.9. The number of hydrogen-bond acceptors (Lipinski definition) is 5. The maximum atomic E-state index is 13.4. The summed E-state index contributed by atoms with van der Waals surface area (Å²) < 4.78 is 2.58. The minimum Gasteiger partial charge on any atom is -0.341 e. The maximum Gasteiger partial charge on any atom is 0.331 e. The number of amides is 3. The number of anilines is 1. The Morgan fingerprint density at radius 1 is 1.02 bits per heavy atom. The molecule has 1 aromatic carbocycles. The van der Waals surface area contributed by atoms with Gasteiger partial charge in [-0.1, -0.05) is 18.2 Å². The van der Waals surface area contributed by atoms with Gasteiger partial charge in [0, 0.05) is 50.5 Å². The fraction of sp³-hybridized carbons (Fsp3) is 0.433. The van der Waals surface area contributed by atoms with Gasteiger partial charge in [-0.2, -0.15) is 0 Å². The Hall–Kier alpha value is -4.21. The van der Waals surface area contributed by atoms with Gasteiger partial charge in [0.25, 0.3) is 5.56 Å². The molecule has 2 aromatic heterocycles. The van der Waals surface area contributed by atoms with Crippen molar-refractivity contribution in [2.45, 2.75) is 65.6 Å². The molecular formula is C30H36N6O4. The number of likely N-dealkylation sites (tertiary alicyclic amines) is 1. The van der Waals surface area contributed by atoms with Gasteiger partial charge in [-0.05, 0) is 69.4 Å². The first-order chi connectivity index (χ1) is 19.2. The van der Waals surface area contributed by atoms with Crippen LogP contribution in [0.25, 0.3) is 11.1 Å². The minimum absolute atomic E-state index is 0.0137. The number of aryl methyl sites for hydroxylation is 1. The van der Waals surface area contributed by atoms with Crippen molar-refractivity contribution >= 4 is 17.6 Å². The van der Waals surface area contributed by atoms with E-state index in [4.69, 9.17) is 0 Å². The number of aromatic nitrogens is 3. The molecule has 10 nitrogen and oxygen atoms in total. The third-order valence-electron chi connectivity index (χ3n) is 8.14. The molecule has 1 saturated heterocycles. The number of urea groups is 1. The summed E-state index contributed by atoms with van der Waals surface area (Å²) in [5.74, 6) is -0.182. The van der Waals surface area contributed by atoms with Crippen LogP contribution in [0, 0.1) is 13.8 Å². The van der Waals surface area contributed by atoms with Gasteiger partial charge in [0.15, 0.2) is 0 Å². The Bertz CT molecular complexity index is 1570. The molecule has 3 aromatic rings. The molecule has 0 aliphatic carbocycles. The smallest absolute Gasteiger partial charge is 0.331 e. The second-order valence-electron chi connectivity index (χ2n) is 11.0. The van der Waals surface area contributed by atoms with Crippen molar-refractivity contribution in [3.63, 3.8) is 0 Å². The van der Waals surface area contributed by atoms with Crippen LogP contribution in [0.5, 0.6) is 0 Å². The lowest BCUT2D eigenvalue weighted by molar-refractivity contribution is -0.133. The summed E-state index contributed by atoms with van der Waals surface area (Å²) in [7, 11) is 0. The molecule has 40 heavy (non-hydrogen) atoms. The van der Waals surface area contributed by atoms with Gasteiger partial charge in [0.2, 0.25) is 5.91 Å². The molecule has 2 aliphatic rings. The number of fused-ring (bicyclic) bond motifs is 1.